The lowest BCUT2D eigenvalue weighted by Crippen LogP contribution is -2.36. The molecule has 0 aliphatic carbocycles. The second kappa shape index (κ2) is 6.08. The number of hydrogen-bond donors (Lipinski definition) is 0. The van der Waals surface area contributed by atoms with E-state index in [0.29, 0.717) is 5.75 Å². The molecule has 3 atom stereocenters. The fourth-order valence-corrected chi connectivity index (χ4v) is 2.52. The Hall–Kier alpha value is -1.17. The highest BCUT2D eigenvalue weighted by Gasteiger charge is 2.42. The molecular weight excluding hydrogens is 276 g/mol. The molecule has 1 aliphatic rings. The fourth-order valence-electron chi connectivity index (χ4n) is 2.27. The van der Waals surface area contributed by atoms with Gasteiger partial charge in [0.2, 0.25) is 0 Å². The predicted octanol–water partition coefficient (Wildman–Crippen LogP) is 3.30. The Morgan fingerprint density at radius 2 is 1.90 bits per heavy atom. The Morgan fingerprint density at radius 1 is 1.25 bits per heavy atom. The first kappa shape index (κ1) is 15.2. The lowest BCUT2D eigenvalue weighted by molar-refractivity contribution is -0.152. The summed E-state index contributed by atoms with van der Waals surface area (Å²) in [5.41, 5.74) is 0. The number of para-hydroxylation sites is 1. The first-order valence-electron chi connectivity index (χ1n) is 6.66. The van der Waals surface area contributed by atoms with Crippen LogP contribution in [0.15, 0.2) is 30.3 Å². The van der Waals surface area contributed by atoms with Crippen LogP contribution in [-0.4, -0.2) is 29.3 Å². The Labute approximate surface area is 125 Å². The molecule has 5 heteroatoms. The molecule has 1 fully saturated rings. The number of benzene rings is 1. The molecule has 2 unspecified atom stereocenters. The molecule has 0 saturated carbocycles. The van der Waals surface area contributed by atoms with Crippen molar-refractivity contribution in [3.63, 3.8) is 0 Å². The van der Waals surface area contributed by atoms with Gasteiger partial charge in [-0.2, -0.15) is 0 Å². The molecule has 1 aliphatic heterocycles. The molecule has 1 saturated heterocycles. The summed E-state index contributed by atoms with van der Waals surface area (Å²) in [6.07, 6.45) is -0.482. The first-order chi connectivity index (χ1) is 9.37. The molecule has 2 rings (SSSR count). The molecule has 1 heterocycles. The quantitative estimate of drug-likeness (QED) is 0.800. The van der Waals surface area contributed by atoms with Crippen molar-refractivity contribution in [2.24, 2.45) is 0 Å². The second-order valence-corrected chi connectivity index (χ2v) is 5.63. The van der Waals surface area contributed by atoms with Gasteiger partial charge in [-0.3, -0.25) is 0 Å². The van der Waals surface area contributed by atoms with Crippen molar-refractivity contribution >= 4 is 17.5 Å². The topological polar surface area (TPSA) is 36.9 Å². The zero-order valence-electron chi connectivity index (χ0n) is 12.2. The minimum Gasteiger partial charge on any atom is -0.451 e. The lowest BCUT2D eigenvalue weighted by Gasteiger charge is -2.23. The normalized spacial score (nSPS) is 26.0. The van der Waals surface area contributed by atoms with E-state index in [1.807, 2.05) is 58.0 Å². The molecular formula is C15H20O4S. The van der Waals surface area contributed by atoms with E-state index in [4.69, 9.17) is 31.2 Å². The molecule has 1 aromatic carbocycles. The van der Waals surface area contributed by atoms with Gasteiger partial charge >= 0.3 is 5.24 Å². The van der Waals surface area contributed by atoms with Gasteiger partial charge in [-0.1, -0.05) is 18.2 Å². The molecule has 0 radical (unpaired) electrons. The van der Waals surface area contributed by atoms with E-state index in [9.17, 15) is 0 Å². The standard InChI is InChI=1S/C15H20O4S/c1-10(13-11(2)18-15(3,4)19-13)16-14(20)17-12-8-6-5-7-9-12/h5-11,13H,1-4H3/t10?,11?,13-/m0/s1. The SMILES string of the molecule is CC(OC(=S)Oc1ccccc1)[C@@H]1OC(C)(C)OC1C. The number of ether oxygens (including phenoxy) is 4. The summed E-state index contributed by atoms with van der Waals surface area (Å²) in [6, 6.07) is 9.30. The van der Waals surface area contributed by atoms with E-state index >= 15 is 0 Å². The molecule has 0 aromatic heterocycles. The lowest BCUT2D eigenvalue weighted by atomic mass is 10.1. The highest BCUT2D eigenvalue weighted by Crippen LogP contribution is 2.30. The first-order valence-corrected chi connectivity index (χ1v) is 7.07. The van der Waals surface area contributed by atoms with Gasteiger partial charge in [0, 0.05) is 12.2 Å². The third kappa shape index (κ3) is 3.91. The molecule has 110 valence electrons. The third-order valence-electron chi connectivity index (χ3n) is 3.04. The molecule has 4 nitrogen and oxygen atoms in total. The van der Waals surface area contributed by atoms with E-state index in [0.717, 1.165) is 0 Å². The second-order valence-electron chi connectivity index (χ2n) is 5.29. The Bertz CT molecular complexity index is 460. The molecule has 20 heavy (non-hydrogen) atoms. The van der Waals surface area contributed by atoms with Crippen molar-refractivity contribution in [2.75, 3.05) is 0 Å². The largest absolute Gasteiger partial charge is 0.451 e. The van der Waals surface area contributed by atoms with Crippen LogP contribution in [0.25, 0.3) is 0 Å². The van der Waals surface area contributed by atoms with Crippen LogP contribution >= 0.6 is 12.2 Å². The van der Waals surface area contributed by atoms with E-state index in [2.05, 4.69) is 0 Å². The van der Waals surface area contributed by atoms with Gasteiger partial charge in [0.15, 0.2) is 5.79 Å². The highest BCUT2D eigenvalue weighted by molar-refractivity contribution is 7.79. The predicted molar refractivity (Wildman–Crippen MR) is 79.7 cm³/mol. The summed E-state index contributed by atoms with van der Waals surface area (Å²) in [5.74, 6) is 0.0607. The maximum Gasteiger partial charge on any atom is 0.358 e. The summed E-state index contributed by atoms with van der Waals surface area (Å²) >= 11 is 5.10. The van der Waals surface area contributed by atoms with Crippen molar-refractivity contribution in [1.82, 2.24) is 0 Å². The third-order valence-corrected chi connectivity index (χ3v) is 3.22. The maximum absolute atomic E-state index is 5.81. The van der Waals surface area contributed by atoms with Crippen molar-refractivity contribution in [3.05, 3.63) is 30.3 Å². The van der Waals surface area contributed by atoms with Crippen molar-refractivity contribution in [2.45, 2.75) is 51.8 Å². The monoisotopic (exact) mass is 296 g/mol. The zero-order chi connectivity index (χ0) is 14.8. The van der Waals surface area contributed by atoms with Crippen LogP contribution < -0.4 is 4.74 Å². The van der Waals surface area contributed by atoms with Gasteiger partial charge in [-0.05, 0) is 39.8 Å². The summed E-state index contributed by atoms with van der Waals surface area (Å²) in [7, 11) is 0. The van der Waals surface area contributed by atoms with E-state index < -0.39 is 5.79 Å². The van der Waals surface area contributed by atoms with Crippen LogP contribution in [0.5, 0.6) is 5.75 Å². The van der Waals surface area contributed by atoms with Crippen LogP contribution in [0.2, 0.25) is 0 Å². The Kier molecular flexibility index (Phi) is 4.62. The summed E-state index contributed by atoms with van der Waals surface area (Å²) in [5, 5.41) is 0.0872. The van der Waals surface area contributed by atoms with Gasteiger partial charge in [-0.15, -0.1) is 0 Å². The average Bonchev–Trinajstić information content (AvgIpc) is 2.64. The van der Waals surface area contributed by atoms with Crippen LogP contribution in [0.4, 0.5) is 0 Å². The van der Waals surface area contributed by atoms with E-state index in [1.165, 1.54) is 0 Å². The number of thiocarbonyl (C=S) groups is 1. The minimum absolute atomic E-state index is 0.0560. The van der Waals surface area contributed by atoms with Gasteiger partial charge < -0.3 is 18.9 Å². The number of rotatable bonds is 3. The fraction of sp³-hybridized carbons (Fsp3) is 0.533. The van der Waals surface area contributed by atoms with E-state index in [1.54, 1.807) is 0 Å². The average molecular weight is 296 g/mol. The van der Waals surface area contributed by atoms with Crippen molar-refractivity contribution in [3.8, 4) is 5.75 Å². The van der Waals surface area contributed by atoms with Gasteiger partial charge in [0.25, 0.3) is 0 Å². The highest BCUT2D eigenvalue weighted by atomic mass is 32.1. The molecule has 1 aromatic rings. The van der Waals surface area contributed by atoms with Crippen LogP contribution in [-0.2, 0) is 14.2 Å². The Balaban J connectivity index is 1.88. The van der Waals surface area contributed by atoms with Crippen LogP contribution in [0.1, 0.15) is 27.7 Å². The molecule has 0 amide bonds. The van der Waals surface area contributed by atoms with Crippen LogP contribution in [0.3, 0.4) is 0 Å². The minimum atomic E-state index is -0.594. The molecule has 0 N–H and O–H groups in total. The molecule has 0 bridgehead atoms. The smallest absolute Gasteiger partial charge is 0.358 e. The Morgan fingerprint density at radius 3 is 2.45 bits per heavy atom. The summed E-state index contributed by atoms with van der Waals surface area (Å²) in [4.78, 5) is 0. The van der Waals surface area contributed by atoms with Gasteiger partial charge in [0.05, 0.1) is 6.10 Å². The maximum atomic E-state index is 5.81. The van der Waals surface area contributed by atoms with Crippen LogP contribution in [0, 0.1) is 0 Å². The van der Waals surface area contributed by atoms with Gasteiger partial charge in [-0.25, -0.2) is 0 Å². The summed E-state index contributed by atoms with van der Waals surface area (Å²) < 4.78 is 22.6. The van der Waals surface area contributed by atoms with E-state index in [-0.39, 0.29) is 23.5 Å². The van der Waals surface area contributed by atoms with Gasteiger partial charge in [0.1, 0.15) is 18.0 Å². The number of hydrogen-bond acceptors (Lipinski definition) is 5. The van der Waals surface area contributed by atoms with Crippen molar-refractivity contribution in [1.29, 1.82) is 0 Å². The molecule has 0 spiro atoms. The summed E-state index contributed by atoms with van der Waals surface area (Å²) in [6.45, 7) is 7.62. The zero-order valence-corrected chi connectivity index (χ0v) is 13.0. The van der Waals surface area contributed by atoms with Crippen molar-refractivity contribution < 1.29 is 18.9 Å².